The Morgan fingerprint density at radius 2 is 1.86 bits per heavy atom. The zero-order chi connectivity index (χ0) is 15.4. The first-order valence-corrected chi connectivity index (χ1v) is 6.90. The number of rotatable bonds is 5. The molecule has 0 aromatic heterocycles. The molecule has 0 amide bonds. The van der Waals surface area contributed by atoms with Gasteiger partial charge in [0, 0.05) is 17.3 Å². The molecule has 0 saturated heterocycles. The smallest absolute Gasteiger partial charge is 0.165 e. The fourth-order valence-electron chi connectivity index (χ4n) is 2.26. The minimum Gasteiger partial charge on any atom is -0.494 e. The Bertz CT molecular complexity index is 613. The zero-order valence-electron chi connectivity index (χ0n) is 12.4. The highest BCUT2D eigenvalue weighted by molar-refractivity contribution is 5.53. The monoisotopic (exact) mass is 289 g/mol. The molecule has 2 unspecified atom stereocenters. The van der Waals surface area contributed by atoms with Crippen LogP contribution >= 0.6 is 0 Å². The number of aliphatic hydroxyl groups excluding tert-OH is 1. The van der Waals surface area contributed by atoms with Crippen molar-refractivity contribution in [3.63, 3.8) is 0 Å². The van der Waals surface area contributed by atoms with Gasteiger partial charge in [0.05, 0.1) is 13.2 Å². The van der Waals surface area contributed by atoms with Gasteiger partial charge in [-0.2, -0.15) is 0 Å². The number of hydrogen-bond acceptors (Lipinski definition) is 3. The van der Waals surface area contributed by atoms with Gasteiger partial charge in [0.25, 0.3) is 0 Å². The van der Waals surface area contributed by atoms with Crippen LogP contribution < -0.4 is 10.1 Å². The molecule has 0 aliphatic rings. The largest absolute Gasteiger partial charge is 0.494 e. The number of aliphatic hydroxyl groups is 1. The summed E-state index contributed by atoms with van der Waals surface area (Å²) >= 11 is 0. The maximum Gasteiger partial charge on any atom is 0.165 e. The van der Waals surface area contributed by atoms with Crippen LogP contribution in [0.25, 0.3) is 0 Å². The summed E-state index contributed by atoms with van der Waals surface area (Å²) in [5.74, 6) is -0.150. The molecule has 0 saturated carbocycles. The molecular formula is C17H20FNO2. The second-order valence-corrected chi connectivity index (χ2v) is 5.02. The van der Waals surface area contributed by atoms with Crippen molar-refractivity contribution in [3.8, 4) is 5.75 Å². The number of hydrogen-bond donors (Lipinski definition) is 2. The first-order chi connectivity index (χ1) is 10.0. The standard InChI is InChI=1S/C17H20FNO2/c1-11(13-8-9-15(18)17(10-13)21-3)19-16-7-5-4-6-14(16)12(2)20/h4-12,19-20H,1-3H3. The van der Waals surface area contributed by atoms with Gasteiger partial charge in [-0.1, -0.05) is 24.3 Å². The molecule has 2 rings (SSSR count). The highest BCUT2D eigenvalue weighted by atomic mass is 19.1. The molecule has 0 aliphatic carbocycles. The number of nitrogens with one attached hydrogen (secondary N) is 1. The van der Waals surface area contributed by atoms with Crippen molar-refractivity contribution in [3.05, 3.63) is 59.4 Å². The van der Waals surface area contributed by atoms with Crippen LogP contribution in [0, 0.1) is 5.82 Å². The van der Waals surface area contributed by atoms with Gasteiger partial charge >= 0.3 is 0 Å². The average molecular weight is 289 g/mol. The Labute approximate surface area is 124 Å². The molecule has 2 aromatic carbocycles. The lowest BCUT2D eigenvalue weighted by Gasteiger charge is -2.20. The van der Waals surface area contributed by atoms with E-state index < -0.39 is 6.10 Å². The lowest BCUT2D eigenvalue weighted by atomic mass is 10.0. The van der Waals surface area contributed by atoms with E-state index in [4.69, 9.17) is 4.74 Å². The Kier molecular flexibility index (Phi) is 4.81. The first-order valence-electron chi connectivity index (χ1n) is 6.90. The first kappa shape index (κ1) is 15.3. The molecule has 0 fully saturated rings. The molecule has 0 radical (unpaired) electrons. The number of methoxy groups -OCH3 is 1. The summed E-state index contributed by atoms with van der Waals surface area (Å²) in [5, 5.41) is 13.1. The zero-order valence-corrected chi connectivity index (χ0v) is 12.4. The van der Waals surface area contributed by atoms with Gasteiger partial charge in [-0.3, -0.25) is 0 Å². The van der Waals surface area contributed by atoms with Gasteiger partial charge in [0.15, 0.2) is 11.6 Å². The molecular weight excluding hydrogens is 269 g/mol. The van der Waals surface area contributed by atoms with Gasteiger partial charge in [-0.25, -0.2) is 4.39 Å². The molecule has 0 bridgehead atoms. The normalized spacial score (nSPS) is 13.6. The Hall–Kier alpha value is -2.07. The van der Waals surface area contributed by atoms with E-state index in [1.54, 1.807) is 19.1 Å². The van der Waals surface area contributed by atoms with Gasteiger partial charge in [0.2, 0.25) is 0 Å². The van der Waals surface area contributed by atoms with E-state index in [1.807, 2.05) is 31.2 Å². The summed E-state index contributed by atoms with van der Waals surface area (Å²) in [5.41, 5.74) is 2.61. The maximum atomic E-state index is 13.5. The van der Waals surface area contributed by atoms with Gasteiger partial charge < -0.3 is 15.2 Å². The van der Waals surface area contributed by atoms with E-state index >= 15 is 0 Å². The van der Waals surface area contributed by atoms with E-state index in [0.29, 0.717) is 0 Å². The summed E-state index contributed by atoms with van der Waals surface area (Å²) in [4.78, 5) is 0. The summed E-state index contributed by atoms with van der Waals surface area (Å²) < 4.78 is 18.5. The summed E-state index contributed by atoms with van der Waals surface area (Å²) in [7, 11) is 1.45. The van der Waals surface area contributed by atoms with Crippen molar-refractivity contribution in [2.45, 2.75) is 26.0 Å². The van der Waals surface area contributed by atoms with Crippen LogP contribution in [-0.2, 0) is 0 Å². The number of ether oxygens (including phenoxy) is 1. The van der Waals surface area contributed by atoms with Crippen LogP contribution in [0.3, 0.4) is 0 Å². The third kappa shape index (κ3) is 3.52. The predicted molar refractivity (Wildman–Crippen MR) is 82.1 cm³/mol. The van der Waals surface area contributed by atoms with Crippen molar-refractivity contribution in [2.24, 2.45) is 0 Å². The van der Waals surface area contributed by atoms with Crippen LogP contribution in [0.1, 0.15) is 37.1 Å². The summed E-state index contributed by atoms with van der Waals surface area (Å²) in [6, 6.07) is 12.3. The number of anilines is 1. The number of halogens is 1. The molecule has 0 heterocycles. The lowest BCUT2D eigenvalue weighted by Crippen LogP contribution is -2.09. The van der Waals surface area contributed by atoms with E-state index in [-0.39, 0.29) is 17.6 Å². The van der Waals surface area contributed by atoms with Gasteiger partial charge in [-0.15, -0.1) is 0 Å². The Morgan fingerprint density at radius 1 is 1.14 bits per heavy atom. The summed E-state index contributed by atoms with van der Waals surface area (Å²) in [6.07, 6.45) is -0.552. The van der Waals surface area contributed by atoms with Crippen molar-refractivity contribution < 1.29 is 14.2 Å². The molecule has 21 heavy (non-hydrogen) atoms. The van der Waals surface area contributed by atoms with Crippen molar-refractivity contribution >= 4 is 5.69 Å². The molecule has 0 aliphatic heterocycles. The predicted octanol–water partition coefficient (Wildman–Crippen LogP) is 4.06. The molecule has 2 atom stereocenters. The molecule has 2 aromatic rings. The Morgan fingerprint density at radius 3 is 2.52 bits per heavy atom. The molecule has 4 heteroatoms. The SMILES string of the molecule is COc1cc(C(C)Nc2ccccc2C(C)O)ccc1F. The fraction of sp³-hybridized carbons (Fsp3) is 0.294. The van der Waals surface area contributed by atoms with Crippen molar-refractivity contribution in [2.75, 3.05) is 12.4 Å². The van der Waals surface area contributed by atoms with E-state index in [9.17, 15) is 9.50 Å². The van der Waals surface area contributed by atoms with Crippen LogP contribution in [-0.4, -0.2) is 12.2 Å². The van der Waals surface area contributed by atoms with Crippen LogP contribution in [0.2, 0.25) is 0 Å². The minimum absolute atomic E-state index is 0.0422. The van der Waals surface area contributed by atoms with E-state index in [2.05, 4.69) is 5.32 Å². The van der Waals surface area contributed by atoms with Crippen LogP contribution in [0.4, 0.5) is 10.1 Å². The molecule has 112 valence electrons. The van der Waals surface area contributed by atoms with Gasteiger partial charge in [0.1, 0.15) is 0 Å². The highest BCUT2D eigenvalue weighted by Crippen LogP contribution is 2.28. The highest BCUT2D eigenvalue weighted by Gasteiger charge is 2.13. The second-order valence-electron chi connectivity index (χ2n) is 5.02. The molecule has 3 nitrogen and oxygen atoms in total. The van der Waals surface area contributed by atoms with Crippen LogP contribution in [0.5, 0.6) is 5.75 Å². The quantitative estimate of drug-likeness (QED) is 0.872. The van der Waals surface area contributed by atoms with Gasteiger partial charge in [-0.05, 0) is 37.6 Å². The van der Waals surface area contributed by atoms with Crippen LogP contribution in [0.15, 0.2) is 42.5 Å². The van der Waals surface area contributed by atoms with E-state index in [0.717, 1.165) is 16.8 Å². The van der Waals surface area contributed by atoms with E-state index in [1.165, 1.54) is 13.2 Å². The fourth-order valence-corrected chi connectivity index (χ4v) is 2.26. The lowest BCUT2D eigenvalue weighted by molar-refractivity contribution is 0.200. The van der Waals surface area contributed by atoms with Crippen molar-refractivity contribution in [1.82, 2.24) is 0 Å². The second kappa shape index (κ2) is 6.59. The van der Waals surface area contributed by atoms with Crippen molar-refractivity contribution in [1.29, 1.82) is 0 Å². The third-order valence-electron chi connectivity index (χ3n) is 3.46. The Balaban J connectivity index is 2.24. The summed E-state index contributed by atoms with van der Waals surface area (Å²) in [6.45, 7) is 3.71. The molecule has 2 N–H and O–H groups in total. The average Bonchev–Trinajstić information content (AvgIpc) is 2.48. The number of benzene rings is 2. The minimum atomic E-state index is -0.552. The topological polar surface area (TPSA) is 41.5 Å². The third-order valence-corrected chi connectivity index (χ3v) is 3.46. The maximum absolute atomic E-state index is 13.5. The number of para-hydroxylation sites is 1. The molecule has 0 spiro atoms.